The Morgan fingerprint density at radius 2 is 1.31 bits per heavy atom. The van der Waals surface area contributed by atoms with E-state index in [0.717, 1.165) is 0 Å². The van der Waals surface area contributed by atoms with Gasteiger partial charge < -0.3 is 36.9 Å². The molecule has 26 heavy (non-hydrogen) atoms. The van der Waals surface area contributed by atoms with Crippen LogP contribution < -0.4 is 27.0 Å². The van der Waals surface area contributed by atoms with Crippen LogP contribution in [0.15, 0.2) is 0 Å². The van der Waals surface area contributed by atoms with Crippen molar-refractivity contribution in [2.24, 2.45) is 5.73 Å². The molecule has 0 saturated heterocycles. The molecule has 5 atom stereocenters. The van der Waals surface area contributed by atoms with E-state index in [9.17, 15) is 29.1 Å². The van der Waals surface area contributed by atoms with Crippen molar-refractivity contribution in [3.8, 4) is 0 Å². The number of nitrogens with two attached hydrogens (primary N) is 1. The van der Waals surface area contributed by atoms with Crippen molar-refractivity contribution in [1.82, 2.24) is 21.3 Å². The molecule has 11 heteroatoms. The molecule has 0 aromatic rings. The minimum Gasteiger partial charge on any atom is -0.394 e. The van der Waals surface area contributed by atoms with Crippen molar-refractivity contribution in [3.63, 3.8) is 0 Å². The van der Waals surface area contributed by atoms with Crippen LogP contribution in [0.3, 0.4) is 0 Å². The number of aliphatic hydroxyl groups excluding tert-OH is 1. The van der Waals surface area contributed by atoms with Crippen molar-refractivity contribution >= 4 is 29.9 Å². The summed E-state index contributed by atoms with van der Waals surface area (Å²) in [4.78, 5) is 57.9. The first kappa shape index (κ1) is 23.5. The number of carbonyl (C=O) groups is 5. The number of amides is 4. The summed E-state index contributed by atoms with van der Waals surface area (Å²) in [6.07, 6.45) is 0.529. The summed E-state index contributed by atoms with van der Waals surface area (Å²) in [5.41, 5.74) is 5.38. The molecule has 11 nitrogen and oxygen atoms in total. The fourth-order valence-electron chi connectivity index (χ4n) is 1.66. The Labute approximate surface area is 151 Å². The van der Waals surface area contributed by atoms with Gasteiger partial charge in [-0.15, -0.1) is 0 Å². The van der Waals surface area contributed by atoms with Crippen LogP contribution >= 0.6 is 0 Å². The molecule has 7 N–H and O–H groups in total. The van der Waals surface area contributed by atoms with E-state index in [4.69, 9.17) is 5.73 Å². The zero-order chi connectivity index (χ0) is 20.4. The third-order valence-electron chi connectivity index (χ3n) is 3.31. The van der Waals surface area contributed by atoms with Crippen molar-refractivity contribution in [2.75, 3.05) is 6.61 Å². The van der Waals surface area contributed by atoms with Crippen LogP contribution in [0.25, 0.3) is 0 Å². The highest BCUT2D eigenvalue weighted by atomic mass is 16.3. The molecule has 4 amide bonds. The van der Waals surface area contributed by atoms with Crippen LogP contribution in [-0.4, -0.2) is 71.8 Å². The number of aliphatic hydroxyl groups is 1. The first-order valence-corrected chi connectivity index (χ1v) is 8.06. The molecule has 0 bridgehead atoms. The Morgan fingerprint density at radius 1 is 0.846 bits per heavy atom. The standard InChI is InChI=1S/C15H27N5O6/c1-7(5-21)17-13(24)9(3)19-15(26)11(6-22)20-14(25)10(4)18-12(23)8(2)16/h5,7-11,22H,6,16H2,1-4H3,(H,17,24)(H,18,23)(H,19,26)(H,20,25)/t7-,8-,9-,10-,11-/m0/s1. The Morgan fingerprint density at radius 3 is 1.73 bits per heavy atom. The van der Waals surface area contributed by atoms with E-state index in [1.807, 2.05) is 0 Å². The van der Waals surface area contributed by atoms with E-state index in [1.165, 1.54) is 27.7 Å². The van der Waals surface area contributed by atoms with Crippen LogP contribution in [0, 0.1) is 0 Å². The van der Waals surface area contributed by atoms with E-state index in [1.54, 1.807) is 0 Å². The molecule has 0 aliphatic rings. The van der Waals surface area contributed by atoms with Crippen LogP contribution in [0.4, 0.5) is 0 Å². The largest absolute Gasteiger partial charge is 0.394 e. The van der Waals surface area contributed by atoms with Gasteiger partial charge in [0.25, 0.3) is 0 Å². The predicted octanol–water partition coefficient (Wildman–Crippen LogP) is -3.48. The number of rotatable bonds is 10. The monoisotopic (exact) mass is 373 g/mol. The lowest BCUT2D eigenvalue weighted by Gasteiger charge is -2.22. The molecule has 0 heterocycles. The smallest absolute Gasteiger partial charge is 0.245 e. The van der Waals surface area contributed by atoms with Crippen molar-refractivity contribution < 1.29 is 29.1 Å². The van der Waals surface area contributed by atoms with Crippen molar-refractivity contribution in [1.29, 1.82) is 0 Å². The maximum Gasteiger partial charge on any atom is 0.245 e. The molecule has 0 aliphatic heterocycles. The minimum atomic E-state index is -1.32. The van der Waals surface area contributed by atoms with Gasteiger partial charge in [0, 0.05) is 0 Å². The third-order valence-corrected chi connectivity index (χ3v) is 3.31. The van der Waals surface area contributed by atoms with E-state index in [-0.39, 0.29) is 0 Å². The second-order valence-corrected chi connectivity index (χ2v) is 5.93. The Balaban J connectivity index is 4.69. The number of nitrogens with one attached hydrogen (secondary N) is 4. The molecule has 0 radical (unpaired) electrons. The Kier molecular flexibility index (Phi) is 10.1. The lowest BCUT2D eigenvalue weighted by atomic mass is 10.2. The van der Waals surface area contributed by atoms with Crippen LogP contribution in [-0.2, 0) is 24.0 Å². The lowest BCUT2D eigenvalue weighted by molar-refractivity contribution is -0.134. The molecule has 0 aromatic heterocycles. The van der Waals surface area contributed by atoms with Crippen LogP contribution in [0.1, 0.15) is 27.7 Å². The minimum absolute atomic E-state index is 0.529. The molecular weight excluding hydrogens is 346 g/mol. The summed E-state index contributed by atoms with van der Waals surface area (Å²) in [6.45, 7) is 4.96. The molecular formula is C15H27N5O6. The number of carbonyl (C=O) groups excluding carboxylic acids is 5. The van der Waals surface area contributed by atoms with Crippen LogP contribution in [0.5, 0.6) is 0 Å². The maximum atomic E-state index is 12.1. The highest BCUT2D eigenvalue weighted by Gasteiger charge is 2.26. The predicted molar refractivity (Wildman–Crippen MR) is 91.5 cm³/mol. The quantitative estimate of drug-likeness (QED) is 0.215. The fraction of sp³-hybridized carbons (Fsp3) is 0.667. The highest BCUT2D eigenvalue weighted by molar-refractivity contribution is 5.94. The van der Waals surface area contributed by atoms with E-state index in [2.05, 4.69) is 21.3 Å². The summed E-state index contributed by atoms with van der Waals surface area (Å²) in [7, 11) is 0. The van der Waals surface area contributed by atoms with Gasteiger partial charge in [-0.1, -0.05) is 0 Å². The van der Waals surface area contributed by atoms with Gasteiger partial charge >= 0.3 is 0 Å². The van der Waals surface area contributed by atoms with Crippen molar-refractivity contribution in [2.45, 2.75) is 57.9 Å². The van der Waals surface area contributed by atoms with Crippen molar-refractivity contribution in [3.05, 3.63) is 0 Å². The van der Waals surface area contributed by atoms with Gasteiger partial charge in [0.15, 0.2) is 0 Å². The molecule has 0 fully saturated rings. The van der Waals surface area contributed by atoms with Gasteiger partial charge in [-0.25, -0.2) is 0 Å². The number of hydrogen-bond donors (Lipinski definition) is 6. The molecule has 0 aliphatic carbocycles. The maximum absolute atomic E-state index is 12.1. The fourth-order valence-corrected chi connectivity index (χ4v) is 1.66. The zero-order valence-electron chi connectivity index (χ0n) is 15.2. The summed E-state index contributed by atoms with van der Waals surface area (Å²) in [6, 6.07) is -4.83. The van der Waals surface area contributed by atoms with Gasteiger partial charge in [0.05, 0.1) is 18.7 Å². The second kappa shape index (κ2) is 11.2. The first-order valence-electron chi connectivity index (χ1n) is 8.06. The second-order valence-electron chi connectivity index (χ2n) is 5.93. The van der Waals surface area contributed by atoms with E-state index < -0.39 is 60.4 Å². The SMILES string of the molecule is C[C@H](N)C(=O)N[C@@H](C)C(=O)N[C@@H](CO)C(=O)N[C@@H](C)C(=O)N[C@@H](C)C=O. The molecule has 0 saturated carbocycles. The van der Waals surface area contributed by atoms with Gasteiger partial charge in [-0.05, 0) is 27.7 Å². The molecule has 148 valence electrons. The number of hydrogen-bond acceptors (Lipinski definition) is 7. The molecule has 0 rings (SSSR count). The van der Waals surface area contributed by atoms with Gasteiger partial charge in [-0.3, -0.25) is 19.2 Å². The Bertz CT molecular complexity index is 539. The Hall–Kier alpha value is -2.53. The molecule has 0 unspecified atom stereocenters. The molecule has 0 aromatic carbocycles. The summed E-state index contributed by atoms with van der Waals surface area (Å²) >= 11 is 0. The molecule has 0 spiro atoms. The lowest BCUT2D eigenvalue weighted by Crippen LogP contribution is -2.57. The zero-order valence-corrected chi connectivity index (χ0v) is 15.2. The summed E-state index contributed by atoms with van der Waals surface area (Å²) in [5, 5.41) is 18.6. The first-order chi connectivity index (χ1) is 12.0. The summed E-state index contributed by atoms with van der Waals surface area (Å²) in [5.74, 6) is -2.65. The highest BCUT2D eigenvalue weighted by Crippen LogP contribution is 1.92. The third kappa shape index (κ3) is 8.03. The average molecular weight is 373 g/mol. The van der Waals surface area contributed by atoms with Gasteiger partial charge in [0.1, 0.15) is 24.4 Å². The van der Waals surface area contributed by atoms with Gasteiger partial charge in [0.2, 0.25) is 23.6 Å². The van der Waals surface area contributed by atoms with Crippen LogP contribution in [0.2, 0.25) is 0 Å². The normalized spacial score (nSPS) is 16.2. The van der Waals surface area contributed by atoms with Gasteiger partial charge in [-0.2, -0.15) is 0 Å². The topological polar surface area (TPSA) is 180 Å². The summed E-state index contributed by atoms with van der Waals surface area (Å²) < 4.78 is 0. The average Bonchev–Trinajstić information content (AvgIpc) is 2.58. The van der Waals surface area contributed by atoms with E-state index in [0.29, 0.717) is 6.29 Å². The number of aldehydes is 1. The van der Waals surface area contributed by atoms with E-state index >= 15 is 0 Å².